The molecule has 7 nitrogen and oxygen atoms in total. The number of pyridine rings is 1. The van der Waals surface area contributed by atoms with Crippen LogP contribution in [0.1, 0.15) is 37.4 Å². The lowest BCUT2D eigenvalue weighted by Crippen LogP contribution is -2.13. The minimum Gasteiger partial charge on any atom is -0.376 e. The van der Waals surface area contributed by atoms with Gasteiger partial charge in [-0.25, -0.2) is 4.98 Å². The molecule has 0 saturated heterocycles. The van der Waals surface area contributed by atoms with Crippen molar-refractivity contribution in [3.63, 3.8) is 0 Å². The van der Waals surface area contributed by atoms with Crippen LogP contribution in [0.25, 0.3) is 0 Å². The molecule has 0 radical (unpaired) electrons. The lowest BCUT2D eigenvalue weighted by molar-refractivity contribution is -0.159. The molecule has 10 heteroatoms. The van der Waals surface area contributed by atoms with E-state index in [-0.39, 0.29) is 18.2 Å². The monoisotopic (exact) mass is 371 g/mol. The Labute approximate surface area is 148 Å². The van der Waals surface area contributed by atoms with E-state index >= 15 is 0 Å². The third-order valence-corrected chi connectivity index (χ3v) is 3.55. The van der Waals surface area contributed by atoms with Gasteiger partial charge in [0.2, 0.25) is 5.91 Å². The van der Waals surface area contributed by atoms with Gasteiger partial charge in [0.05, 0.1) is 11.9 Å². The van der Waals surface area contributed by atoms with Crippen LogP contribution in [0.4, 0.5) is 24.7 Å². The van der Waals surface area contributed by atoms with Crippen molar-refractivity contribution in [1.82, 2.24) is 15.1 Å². The third kappa shape index (κ3) is 6.01. The highest BCUT2D eigenvalue weighted by Gasteiger charge is 2.38. The maximum absolute atomic E-state index is 12.3. The molecule has 0 fully saturated rings. The quantitative estimate of drug-likeness (QED) is 0.717. The van der Waals surface area contributed by atoms with Gasteiger partial charge in [0, 0.05) is 26.9 Å². The summed E-state index contributed by atoms with van der Waals surface area (Å²) in [5.74, 6) is -0.993. The summed E-state index contributed by atoms with van der Waals surface area (Å²) in [5.41, 5.74) is 0.929. The van der Waals surface area contributed by atoms with Crippen LogP contribution in [0.3, 0.4) is 0 Å². The zero-order chi connectivity index (χ0) is 19.2. The normalized spacial score (nSPS) is 11.4. The van der Waals surface area contributed by atoms with Crippen molar-refractivity contribution in [3.8, 4) is 0 Å². The summed E-state index contributed by atoms with van der Waals surface area (Å²) in [6.45, 7) is 0. The molecule has 2 aromatic rings. The van der Waals surface area contributed by atoms with Crippen LogP contribution in [0.2, 0.25) is 0 Å². The minimum absolute atomic E-state index is 0.0203. The molecule has 142 valence electrons. The first-order chi connectivity index (χ1) is 12.3. The topological polar surface area (TPSA) is 84.2 Å². The zero-order valence-corrected chi connectivity index (χ0v) is 14.5. The van der Waals surface area contributed by atoms with E-state index in [1.54, 1.807) is 12.3 Å². The number of nitrogens with one attached hydrogen (secondary N) is 1. The Morgan fingerprint density at radius 3 is 2.58 bits per heavy atom. The second-order valence-corrected chi connectivity index (χ2v) is 5.92. The smallest absolute Gasteiger partial charge is 0.376 e. The molecule has 0 atom stereocenters. The number of aromatic nitrogens is 3. The van der Waals surface area contributed by atoms with Gasteiger partial charge in [0.25, 0.3) is 0 Å². The van der Waals surface area contributed by atoms with Gasteiger partial charge in [-0.1, -0.05) is 11.6 Å². The number of rotatable bonds is 8. The van der Waals surface area contributed by atoms with Crippen molar-refractivity contribution in [3.05, 3.63) is 30.0 Å². The second kappa shape index (κ2) is 8.63. The molecule has 0 aliphatic heterocycles. The number of nitrogens with zero attached hydrogens (tertiary/aromatic N) is 4. The highest BCUT2D eigenvalue weighted by molar-refractivity contribution is 5.89. The van der Waals surface area contributed by atoms with Crippen LogP contribution < -0.4 is 10.2 Å². The van der Waals surface area contributed by atoms with E-state index in [0.717, 1.165) is 5.69 Å². The fraction of sp³-hybridized carbons (Fsp3) is 0.500. The number of aryl methyl sites for hydroxylation is 1. The molecular formula is C16H20F3N5O2. The Bertz CT molecular complexity index is 713. The first kappa shape index (κ1) is 19.7. The Morgan fingerprint density at radius 1 is 1.23 bits per heavy atom. The fourth-order valence-corrected chi connectivity index (χ4v) is 2.15. The highest BCUT2D eigenvalue weighted by atomic mass is 19.4. The maximum Gasteiger partial charge on any atom is 0.471 e. The number of hydrogen-bond donors (Lipinski definition) is 1. The number of alkyl halides is 3. The van der Waals surface area contributed by atoms with Crippen LogP contribution in [-0.4, -0.2) is 35.1 Å². The molecule has 0 spiro atoms. The molecule has 0 unspecified atom stereocenters. The van der Waals surface area contributed by atoms with Gasteiger partial charge in [0.15, 0.2) is 5.82 Å². The highest BCUT2D eigenvalue weighted by Crippen LogP contribution is 2.27. The number of amides is 1. The molecule has 26 heavy (non-hydrogen) atoms. The van der Waals surface area contributed by atoms with E-state index in [4.69, 9.17) is 0 Å². The number of carbonyl (C=O) groups is 1. The Morgan fingerprint density at radius 2 is 2.00 bits per heavy atom. The van der Waals surface area contributed by atoms with Gasteiger partial charge in [-0.05, 0) is 25.0 Å². The van der Waals surface area contributed by atoms with E-state index in [0.29, 0.717) is 31.5 Å². The van der Waals surface area contributed by atoms with Gasteiger partial charge in [-0.3, -0.25) is 4.79 Å². The molecule has 2 rings (SSSR count). The van der Waals surface area contributed by atoms with Crippen molar-refractivity contribution in [2.24, 2.45) is 0 Å². The lowest BCUT2D eigenvalue weighted by atomic mass is 10.1. The molecule has 1 N–H and O–H groups in total. The Balaban J connectivity index is 1.65. The summed E-state index contributed by atoms with van der Waals surface area (Å²) in [6.07, 6.45) is -0.550. The third-order valence-electron chi connectivity index (χ3n) is 3.55. The zero-order valence-electron chi connectivity index (χ0n) is 14.5. The van der Waals surface area contributed by atoms with E-state index in [9.17, 15) is 18.0 Å². The number of unbranched alkanes of at least 4 members (excludes halogenated alkanes) is 2. The molecule has 1 amide bonds. The maximum atomic E-state index is 12.3. The molecule has 0 aliphatic rings. The van der Waals surface area contributed by atoms with Crippen molar-refractivity contribution >= 4 is 17.4 Å². The van der Waals surface area contributed by atoms with E-state index in [2.05, 4.69) is 25.0 Å². The second-order valence-electron chi connectivity index (χ2n) is 5.92. The average molecular weight is 371 g/mol. The van der Waals surface area contributed by atoms with Gasteiger partial charge < -0.3 is 14.7 Å². The largest absolute Gasteiger partial charge is 0.471 e. The van der Waals surface area contributed by atoms with Crippen molar-refractivity contribution < 1.29 is 22.5 Å². The molecule has 0 bridgehead atoms. The van der Waals surface area contributed by atoms with Crippen LogP contribution >= 0.6 is 0 Å². The van der Waals surface area contributed by atoms with Crippen LogP contribution in [-0.2, 0) is 17.4 Å². The van der Waals surface area contributed by atoms with Crippen LogP contribution in [0.15, 0.2) is 22.9 Å². The number of halogens is 3. The van der Waals surface area contributed by atoms with Crippen molar-refractivity contribution in [2.45, 2.75) is 38.3 Å². The SMILES string of the molecule is CN(C)c1ccc(NC(=O)CCCCCc2noc(C(F)(F)F)n2)nc1. The van der Waals surface area contributed by atoms with Crippen molar-refractivity contribution in [2.75, 3.05) is 24.3 Å². The summed E-state index contributed by atoms with van der Waals surface area (Å²) in [5, 5.41) is 6.00. The molecule has 2 heterocycles. The van der Waals surface area contributed by atoms with E-state index in [1.807, 2.05) is 25.1 Å². The minimum atomic E-state index is -4.62. The van der Waals surface area contributed by atoms with Gasteiger partial charge in [-0.2, -0.15) is 18.2 Å². The molecule has 0 aliphatic carbocycles. The first-order valence-electron chi connectivity index (χ1n) is 8.08. The lowest BCUT2D eigenvalue weighted by Gasteiger charge is -2.12. The predicted octanol–water partition coefficient (Wildman–Crippen LogP) is 3.29. The molecule has 0 aromatic carbocycles. The standard InChI is InChI=1S/C16H20F3N5O2/c1-24(2)11-8-9-12(20-10-11)21-14(25)7-5-3-4-6-13-22-15(26-23-13)16(17,18)19/h8-10H,3-7H2,1-2H3,(H,20,21,25). The Hall–Kier alpha value is -2.65. The van der Waals surface area contributed by atoms with Crippen molar-refractivity contribution in [1.29, 1.82) is 0 Å². The predicted molar refractivity (Wildman–Crippen MR) is 88.7 cm³/mol. The average Bonchev–Trinajstić information content (AvgIpc) is 3.04. The fourth-order valence-electron chi connectivity index (χ4n) is 2.15. The summed E-state index contributed by atoms with van der Waals surface area (Å²) in [4.78, 5) is 21.2. The summed E-state index contributed by atoms with van der Waals surface area (Å²) >= 11 is 0. The molecule has 0 saturated carbocycles. The van der Waals surface area contributed by atoms with Gasteiger partial charge in [-0.15, -0.1) is 0 Å². The molecule has 2 aromatic heterocycles. The van der Waals surface area contributed by atoms with E-state index < -0.39 is 12.1 Å². The number of hydrogen-bond acceptors (Lipinski definition) is 6. The van der Waals surface area contributed by atoms with Crippen LogP contribution in [0.5, 0.6) is 0 Å². The van der Waals surface area contributed by atoms with Gasteiger partial charge in [0.1, 0.15) is 5.82 Å². The summed E-state index contributed by atoms with van der Waals surface area (Å²) in [6, 6.07) is 3.57. The van der Waals surface area contributed by atoms with E-state index in [1.165, 1.54) is 0 Å². The van der Waals surface area contributed by atoms with Crippen LogP contribution in [0, 0.1) is 0 Å². The number of anilines is 2. The molecular weight excluding hydrogens is 351 g/mol. The van der Waals surface area contributed by atoms with Gasteiger partial charge >= 0.3 is 12.1 Å². The summed E-state index contributed by atoms with van der Waals surface area (Å²) in [7, 11) is 3.79. The Kier molecular flexibility index (Phi) is 6.53. The number of carbonyl (C=O) groups excluding carboxylic acids is 1. The first-order valence-corrected chi connectivity index (χ1v) is 8.08. The summed E-state index contributed by atoms with van der Waals surface area (Å²) < 4.78 is 41.1.